The summed E-state index contributed by atoms with van der Waals surface area (Å²) in [6.07, 6.45) is 4.05. The van der Waals surface area contributed by atoms with Crippen molar-refractivity contribution in [1.29, 1.82) is 0 Å². The summed E-state index contributed by atoms with van der Waals surface area (Å²) in [5, 5.41) is 5.42. The minimum absolute atomic E-state index is 0.0183. The predicted octanol–water partition coefficient (Wildman–Crippen LogP) is 2.62. The van der Waals surface area contributed by atoms with Gasteiger partial charge in [0.2, 0.25) is 0 Å². The molecule has 2 saturated heterocycles. The highest BCUT2D eigenvalue weighted by Crippen LogP contribution is 2.39. The van der Waals surface area contributed by atoms with Crippen molar-refractivity contribution in [1.82, 2.24) is 14.7 Å². The Morgan fingerprint density at radius 2 is 2.27 bits per heavy atom. The van der Waals surface area contributed by atoms with E-state index in [4.69, 9.17) is 9.47 Å². The Hall–Kier alpha value is -1.92. The predicted molar refractivity (Wildman–Crippen MR) is 99.1 cm³/mol. The Kier molecular flexibility index (Phi) is 4.71. The number of para-hydroxylation sites is 1. The maximum absolute atomic E-state index is 13.2. The number of ether oxygens (including phenoxy) is 2. The number of piperidine rings is 1. The lowest BCUT2D eigenvalue weighted by atomic mass is 9.85. The molecule has 6 heteroatoms. The number of amides is 1. The van der Waals surface area contributed by atoms with Crippen LogP contribution in [0.25, 0.3) is 10.9 Å². The van der Waals surface area contributed by atoms with Crippen LogP contribution in [0, 0.1) is 5.92 Å². The average molecular weight is 357 g/mol. The molecule has 6 nitrogen and oxygen atoms in total. The van der Waals surface area contributed by atoms with Crippen LogP contribution in [-0.4, -0.2) is 59.6 Å². The van der Waals surface area contributed by atoms with E-state index in [1.54, 1.807) is 11.8 Å². The maximum Gasteiger partial charge on any atom is 0.275 e. The van der Waals surface area contributed by atoms with E-state index in [1.807, 2.05) is 36.2 Å². The number of likely N-dealkylation sites (tertiary alicyclic amines) is 1. The molecule has 1 amide bonds. The number of rotatable bonds is 4. The van der Waals surface area contributed by atoms with E-state index in [-0.39, 0.29) is 11.5 Å². The molecule has 4 rings (SSSR count). The number of methoxy groups -OCH3 is 1. The number of aromatic nitrogens is 2. The van der Waals surface area contributed by atoms with E-state index in [0.29, 0.717) is 18.2 Å². The first-order valence-corrected chi connectivity index (χ1v) is 9.46. The highest BCUT2D eigenvalue weighted by molar-refractivity contribution is 6.04. The van der Waals surface area contributed by atoms with E-state index < -0.39 is 0 Å². The molecule has 140 valence electrons. The molecule has 2 aliphatic heterocycles. The molecule has 2 aromatic rings. The van der Waals surface area contributed by atoms with Gasteiger partial charge in [0.15, 0.2) is 5.69 Å². The van der Waals surface area contributed by atoms with Crippen LogP contribution in [0.5, 0.6) is 0 Å². The number of benzene rings is 1. The summed E-state index contributed by atoms with van der Waals surface area (Å²) in [6, 6.07) is 7.90. The molecule has 0 aliphatic carbocycles. The first-order chi connectivity index (χ1) is 12.6. The molecule has 1 aromatic heterocycles. The molecule has 0 bridgehead atoms. The van der Waals surface area contributed by atoms with Crippen molar-refractivity contribution in [2.45, 2.75) is 31.3 Å². The van der Waals surface area contributed by atoms with Crippen LogP contribution >= 0.6 is 0 Å². The molecule has 1 spiro atoms. The van der Waals surface area contributed by atoms with Crippen molar-refractivity contribution in [3.05, 3.63) is 30.0 Å². The van der Waals surface area contributed by atoms with E-state index in [9.17, 15) is 4.79 Å². The number of fused-ring (bicyclic) bond motifs is 1. The Balaban J connectivity index is 1.52. The van der Waals surface area contributed by atoms with Crippen molar-refractivity contribution >= 4 is 16.8 Å². The van der Waals surface area contributed by atoms with E-state index in [2.05, 4.69) is 5.10 Å². The summed E-state index contributed by atoms with van der Waals surface area (Å²) in [7, 11) is 3.63. The number of aryl methyl sites for hydroxylation is 1. The molecule has 1 aromatic carbocycles. The topological polar surface area (TPSA) is 56.6 Å². The van der Waals surface area contributed by atoms with E-state index in [1.165, 1.54) is 0 Å². The second kappa shape index (κ2) is 7.00. The van der Waals surface area contributed by atoms with Crippen LogP contribution in [0.4, 0.5) is 0 Å². The van der Waals surface area contributed by atoms with Gasteiger partial charge in [-0.15, -0.1) is 0 Å². The Morgan fingerprint density at radius 3 is 3.12 bits per heavy atom. The minimum Gasteiger partial charge on any atom is -0.385 e. The molecule has 3 heterocycles. The number of nitrogens with zero attached hydrogens (tertiary/aromatic N) is 3. The van der Waals surface area contributed by atoms with Crippen LogP contribution in [0.2, 0.25) is 0 Å². The van der Waals surface area contributed by atoms with Gasteiger partial charge in [0.25, 0.3) is 5.91 Å². The molecular formula is C20H27N3O3. The highest BCUT2D eigenvalue weighted by Gasteiger charge is 2.44. The summed E-state index contributed by atoms with van der Waals surface area (Å²) >= 11 is 0. The normalized spacial score (nSPS) is 26.1. The second-order valence-corrected chi connectivity index (χ2v) is 7.67. The lowest BCUT2D eigenvalue weighted by molar-refractivity contribution is -0.0451. The van der Waals surface area contributed by atoms with Crippen molar-refractivity contribution in [2.24, 2.45) is 13.0 Å². The summed E-state index contributed by atoms with van der Waals surface area (Å²) in [5.41, 5.74) is 1.35. The quantitative estimate of drug-likeness (QED) is 0.844. The summed E-state index contributed by atoms with van der Waals surface area (Å²) < 4.78 is 13.2. The van der Waals surface area contributed by atoms with Crippen LogP contribution in [0.1, 0.15) is 36.2 Å². The van der Waals surface area contributed by atoms with Crippen LogP contribution in [0.15, 0.2) is 24.3 Å². The monoisotopic (exact) mass is 357 g/mol. The van der Waals surface area contributed by atoms with Gasteiger partial charge in [-0.2, -0.15) is 5.10 Å². The summed E-state index contributed by atoms with van der Waals surface area (Å²) in [6.45, 7) is 2.99. The number of hydrogen-bond donors (Lipinski definition) is 0. The van der Waals surface area contributed by atoms with E-state index in [0.717, 1.165) is 56.3 Å². The first kappa shape index (κ1) is 17.5. The fourth-order valence-corrected chi connectivity index (χ4v) is 4.49. The SMILES string of the molecule is COCC[C@H]1CO[C@@]2(CCCN(C(=O)c3nn(C)c4ccccc34)C2)C1. The number of carbonyl (C=O) groups excluding carboxylic acids is 1. The third-order valence-electron chi connectivity index (χ3n) is 5.80. The zero-order chi connectivity index (χ0) is 18.1. The highest BCUT2D eigenvalue weighted by atomic mass is 16.5. The zero-order valence-electron chi connectivity index (χ0n) is 15.6. The fraction of sp³-hybridized carbons (Fsp3) is 0.600. The molecule has 0 radical (unpaired) electrons. The third-order valence-corrected chi connectivity index (χ3v) is 5.80. The molecule has 2 fully saturated rings. The molecule has 0 saturated carbocycles. The Bertz CT molecular complexity index is 803. The number of hydrogen-bond acceptors (Lipinski definition) is 4. The Labute approximate surface area is 154 Å². The van der Waals surface area contributed by atoms with Gasteiger partial charge in [-0.05, 0) is 37.7 Å². The average Bonchev–Trinajstić information content (AvgIpc) is 3.21. The largest absolute Gasteiger partial charge is 0.385 e. The third kappa shape index (κ3) is 3.12. The molecular weight excluding hydrogens is 330 g/mol. The van der Waals surface area contributed by atoms with Gasteiger partial charge in [-0.3, -0.25) is 9.48 Å². The number of carbonyl (C=O) groups is 1. The van der Waals surface area contributed by atoms with Crippen molar-refractivity contribution in [2.75, 3.05) is 33.4 Å². The van der Waals surface area contributed by atoms with Gasteiger partial charge >= 0.3 is 0 Å². The van der Waals surface area contributed by atoms with Crippen LogP contribution in [0.3, 0.4) is 0 Å². The van der Waals surface area contributed by atoms with Gasteiger partial charge in [0.1, 0.15) is 0 Å². The van der Waals surface area contributed by atoms with Crippen LogP contribution < -0.4 is 0 Å². The minimum atomic E-state index is -0.184. The molecule has 2 atom stereocenters. The second-order valence-electron chi connectivity index (χ2n) is 7.67. The van der Waals surface area contributed by atoms with Crippen molar-refractivity contribution in [3.8, 4) is 0 Å². The molecule has 2 aliphatic rings. The summed E-state index contributed by atoms with van der Waals surface area (Å²) in [4.78, 5) is 15.1. The fourth-order valence-electron chi connectivity index (χ4n) is 4.49. The van der Waals surface area contributed by atoms with Gasteiger partial charge in [-0.1, -0.05) is 18.2 Å². The molecule has 0 unspecified atom stereocenters. The maximum atomic E-state index is 13.2. The first-order valence-electron chi connectivity index (χ1n) is 9.46. The molecule has 0 N–H and O–H groups in total. The lowest BCUT2D eigenvalue weighted by Gasteiger charge is -2.39. The zero-order valence-corrected chi connectivity index (χ0v) is 15.6. The van der Waals surface area contributed by atoms with Gasteiger partial charge in [0.05, 0.1) is 24.3 Å². The van der Waals surface area contributed by atoms with Gasteiger partial charge < -0.3 is 14.4 Å². The van der Waals surface area contributed by atoms with Gasteiger partial charge in [0, 0.05) is 32.7 Å². The summed E-state index contributed by atoms with van der Waals surface area (Å²) in [5.74, 6) is 0.547. The van der Waals surface area contributed by atoms with E-state index >= 15 is 0 Å². The molecule has 26 heavy (non-hydrogen) atoms. The van der Waals surface area contributed by atoms with Crippen molar-refractivity contribution < 1.29 is 14.3 Å². The van der Waals surface area contributed by atoms with Crippen molar-refractivity contribution in [3.63, 3.8) is 0 Å². The van der Waals surface area contributed by atoms with Gasteiger partial charge in [-0.25, -0.2) is 0 Å². The Morgan fingerprint density at radius 1 is 1.42 bits per heavy atom. The lowest BCUT2D eigenvalue weighted by Crippen LogP contribution is -2.50. The van der Waals surface area contributed by atoms with Crippen LogP contribution in [-0.2, 0) is 16.5 Å². The standard InChI is InChI=1S/C20H27N3O3/c1-22-17-7-4-3-6-16(17)18(21-22)19(24)23-10-5-9-20(14-23)12-15(13-26-20)8-11-25-2/h3-4,6-7,15H,5,8-14H2,1-2H3/t15-,20+/m1/s1. The smallest absolute Gasteiger partial charge is 0.275 e.